The molecule has 3 aromatic rings. The highest BCUT2D eigenvalue weighted by Crippen LogP contribution is 2.39. The molecule has 0 aromatic heterocycles. The second-order valence-corrected chi connectivity index (χ2v) is 9.84. The molecule has 0 spiro atoms. The Morgan fingerprint density at radius 3 is 2.55 bits per heavy atom. The second kappa shape index (κ2) is 10.7. The molecule has 4 nitrogen and oxygen atoms in total. The van der Waals surface area contributed by atoms with E-state index in [0.717, 1.165) is 26.5 Å². The number of ether oxygens (including phenoxy) is 2. The third-order valence-electron chi connectivity index (χ3n) is 4.74. The van der Waals surface area contributed by atoms with Crippen LogP contribution in [-0.4, -0.2) is 16.8 Å². The number of thiocarbonyl (C=S) groups is 1. The topological polar surface area (TPSA) is 38.8 Å². The molecule has 1 amide bonds. The zero-order chi connectivity index (χ0) is 23.4. The molecule has 168 valence electrons. The fraction of sp³-hybridized carbons (Fsp3) is 0.120. The molecule has 0 aliphatic carbocycles. The molecule has 0 bridgehead atoms. The van der Waals surface area contributed by atoms with Gasteiger partial charge < -0.3 is 9.47 Å². The lowest BCUT2D eigenvalue weighted by atomic mass is 10.1. The van der Waals surface area contributed by atoms with E-state index in [0.29, 0.717) is 33.9 Å². The average molecular weight is 591 g/mol. The Hall–Kier alpha value is -2.43. The molecule has 1 aliphatic heterocycles. The second-order valence-electron chi connectivity index (χ2n) is 7.01. The normalized spacial score (nSPS) is 14.8. The van der Waals surface area contributed by atoms with Crippen LogP contribution in [-0.2, 0) is 11.4 Å². The maximum Gasteiger partial charge on any atom is 0.270 e. The van der Waals surface area contributed by atoms with Crippen molar-refractivity contribution in [1.82, 2.24) is 0 Å². The number of thioether (sulfide) groups is 1. The number of hydrogen-bond donors (Lipinski definition) is 0. The summed E-state index contributed by atoms with van der Waals surface area (Å²) >= 11 is 8.70. The number of halogens is 2. The summed E-state index contributed by atoms with van der Waals surface area (Å²) in [7, 11) is 0. The Labute approximate surface area is 214 Å². The highest BCUT2D eigenvalue weighted by Gasteiger charge is 2.34. The molecule has 0 saturated carbocycles. The van der Waals surface area contributed by atoms with Crippen LogP contribution in [0.4, 0.5) is 10.1 Å². The van der Waals surface area contributed by atoms with Gasteiger partial charge in [-0.2, -0.15) is 0 Å². The molecular formula is C25H19FINO3S2. The number of para-hydroxylation sites is 1. The fourth-order valence-electron chi connectivity index (χ4n) is 3.26. The molecule has 4 rings (SSSR count). The quantitative estimate of drug-likeness (QED) is 0.172. The van der Waals surface area contributed by atoms with Gasteiger partial charge >= 0.3 is 0 Å². The highest BCUT2D eigenvalue weighted by atomic mass is 127. The lowest BCUT2D eigenvalue weighted by Crippen LogP contribution is -2.28. The lowest BCUT2D eigenvalue weighted by molar-refractivity contribution is -0.113. The zero-order valence-electron chi connectivity index (χ0n) is 17.6. The van der Waals surface area contributed by atoms with Crippen molar-refractivity contribution in [2.75, 3.05) is 11.5 Å². The standard InChI is InChI=1S/C25H19FINO3S2/c1-2-30-21-13-17(12-19(27)23(21)31-15-16-8-4-3-5-9-16)14-22-24(29)28(25(32)33-22)20-11-7-6-10-18(20)26/h3-14H,2,15H2,1H3/b22-14-. The molecule has 1 heterocycles. The van der Waals surface area contributed by atoms with Crippen molar-refractivity contribution in [1.29, 1.82) is 0 Å². The van der Waals surface area contributed by atoms with Crippen molar-refractivity contribution in [2.45, 2.75) is 13.5 Å². The van der Waals surface area contributed by atoms with Gasteiger partial charge in [0.2, 0.25) is 0 Å². The molecule has 1 saturated heterocycles. The number of anilines is 1. The number of rotatable bonds is 7. The number of carbonyl (C=O) groups excluding carboxylic acids is 1. The monoisotopic (exact) mass is 591 g/mol. The number of hydrogen-bond acceptors (Lipinski definition) is 5. The molecular weight excluding hydrogens is 572 g/mol. The smallest absolute Gasteiger partial charge is 0.270 e. The zero-order valence-corrected chi connectivity index (χ0v) is 21.4. The Morgan fingerprint density at radius 2 is 1.82 bits per heavy atom. The van der Waals surface area contributed by atoms with Gasteiger partial charge in [0, 0.05) is 0 Å². The number of nitrogens with zero attached hydrogens (tertiary/aromatic N) is 1. The van der Waals surface area contributed by atoms with E-state index in [4.69, 9.17) is 21.7 Å². The summed E-state index contributed by atoms with van der Waals surface area (Å²) in [5.74, 6) is 0.393. The van der Waals surface area contributed by atoms with Crippen LogP contribution in [0.5, 0.6) is 11.5 Å². The molecule has 0 radical (unpaired) electrons. The molecule has 1 aliphatic rings. The summed E-state index contributed by atoms with van der Waals surface area (Å²) in [4.78, 5) is 14.7. The number of amides is 1. The van der Waals surface area contributed by atoms with E-state index in [1.165, 1.54) is 17.0 Å². The highest BCUT2D eigenvalue weighted by molar-refractivity contribution is 14.1. The van der Waals surface area contributed by atoms with E-state index in [1.807, 2.05) is 49.4 Å². The number of benzene rings is 3. The van der Waals surface area contributed by atoms with Crippen LogP contribution in [0.15, 0.2) is 71.6 Å². The first-order chi connectivity index (χ1) is 16.0. The minimum Gasteiger partial charge on any atom is -0.490 e. The fourth-order valence-corrected chi connectivity index (χ4v) is 5.33. The third-order valence-corrected chi connectivity index (χ3v) is 6.85. The van der Waals surface area contributed by atoms with Gasteiger partial charge in [0.1, 0.15) is 12.4 Å². The van der Waals surface area contributed by atoms with Crippen molar-refractivity contribution in [3.8, 4) is 11.5 Å². The number of carbonyl (C=O) groups is 1. The van der Waals surface area contributed by atoms with Gasteiger partial charge in [0.15, 0.2) is 15.8 Å². The molecule has 3 aromatic carbocycles. The molecule has 33 heavy (non-hydrogen) atoms. The van der Waals surface area contributed by atoms with Crippen LogP contribution in [0.1, 0.15) is 18.1 Å². The summed E-state index contributed by atoms with van der Waals surface area (Å²) in [6.07, 6.45) is 1.74. The minimum atomic E-state index is -0.497. The van der Waals surface area contributed by atoms with Crippen LogP contribution >= 0.6 is 46.6 Å². The Balaban J connectivity index is 1.62. The summed E-state index contributed by atoms with van der Waals surface area (Å²) in [5, 5.41) is 0. The van der Waals surface area contributed by atoms with Gasteiger partial charge in [0.05, 0.1) is 20.8 Å². The molecule has 8 heteroatoms. The summed E-state index contributed by atoms with van der Waals surface area (Å²) in [6.45, 7) is 2.79. The maximum absolute atomic E-state index is 14.3. The van der Waals surface area contributed by atoms with Gasteiger partial charge in [-0.05, 0) is 71.0 Å². The van der Waals surface area contributed by atoms with Crippen LogP contribution in [0.2, 0.25) is 0 Å². The van der Waals surface area contributed by atoms with Gasteiger partial charge in [-0.1, -0.05) is 66.4 Å². The maximum atomic E-state index is 14.3. The Morgan fingerprint density at radius 1 is 1.09 bits per heavy atom. The Bertz CT molecular complexity index is 1230. The average Bonchev–Trinajstić information content (AvgIpc) is 3.07. The van der Waals surface area contributed by atoms with Crippen molar-refractivity contribution >= 4 is 68.6 Å². The van der Waals surface area contributed by atoms with Crippen LogP contribution in [0.3, 0.4) is 0 Å². The van der Waals surface area contributed by atoms with E-state index < -0.39 is 5.82 Å². The SMILES string of the molecule is CCOc1cc(/C=C2\SC(=S)N(c3ccccc3F)C2=O)cc(I)c1OCc1ccccc1. The minimum absolute atomic E-state index is 0.151. The first kappa shape index (κ1) is 23.7. The molecule has 0 unspecified atom stereocenters. The molecule has 1 fully saturated rings. The first-order valence-electron chi connectivity index (χ1n) is 10.1. The van der Waals surface area contributed by atoms with E-state index in [1.54, 1.807) is 18.2 Å². The largest absolute Gasteiger partial charge is 0.490 e. The van der Waals surface area contributed by atoms with Gasteiger partial charge in [-0.3, -0.25) is 9.69 Å². The van der Waals surface area contributed by atoms with Gasteiger partial charge in [0.25, 0.3) is 5.91 Å². The summed E-state index contributed by atoms with van der Waals surface area (Å²) < 4.78 is 27.3. The summed E-state index contributed by atoms with van der Waals surface area (Å²) in [6, 6.07) is 19.7. The van der Waals surface area contributed by atoms with Gasteiger partial charge in [-0.25, -0.2) is 4.39 Å². The van der Waals surface area contributed by atoms with E-state index >= 15 is 0 Å². The predicted molar refractivity (Wildman–Crippen MR) is 143 cm³/mol. The van der Waals surface area contributed by atoms with Crippen molar-refractivity contribution in [2.24, 2.45) is 0 Å². The predicted octanol–water partition coefficient (Wildman–Crippen LogP) is 6.81. The Kier molecular flexibility index (Phi) is 7.67. The van der Waals surface area contributed by atoms with E-state index in [-0.39, 0.29) is 11.6 Å². The van der Waals surface area contributed by atoms with Gasteiger partial charge in [-0.15, -0.1) is 0 Å². The van der Waals surface area contributed by atoms with Crippen LogP contribution < -0.4 is 14.4 Å². The first-order valence-corrected chi connectivity index (χ1v) is 12.4. The lowest BCUT2D eigenvalue weighted by Gasteiger charge is -2.15. The van der Waals surface area contributed by atoms with Crippen molar-refractivity contribution in [3.63, 3.8) is 0 Å². The van der Waals surface area contributed by atoms with Crippen LogP contribution in [0.25, 0.3) is 6.08 Å². The van der Waals surface area contributed by atoms with E-state index in [9.17, 15) is 9.18 Å². The third kappa shape index (κ3) is 5.39. The van der Waals surface area contributed by atoms with Crippen molar-refractivity contribution < 1.29 is 18.7 Å². The van der Waals surface area contributed by atoms with Crippen molar-refractivity contribution in [3.05, 3.63) is 92.1 Å². The van der Waals surface area contributed by atoms with E-state index in [2.05, 4.69) is 22.6 Å². The molecule has 0 atom stereocenters. The molecule has 0 N–H and O–H groups in total. The summed E-state index contributed by atoms with van der Waals surface area (Å²) in [5.41, 5.74) is 1.97. The van der Waals surface area contributed by atoms with Crippen LogP contribution in [0, 0.1) is 9.39 Å².